The van der Waals surface area contributed by atoms with E-state index in [1.54, 1.807) is 24.3 Å². The Morgan fingerprint density at radius 2 is 1.90 bits per heavy atom. The molecule has 0 saturated heterocycles. The largest absolute Gasteiger partial charge is 0.453 e. The van der Waals surface area contributed by atoms with Gasteiger partial charge in [-0.2, -0.15) is 0 Å². The average Bonchev–Trinajstić information content (AvgIpc) is 2.45. The summed E-state index contributed by atoms with van der Waals surface area (Å²) in [5.74, 6) is -0.259. The van der Waals surface area contributed by atoms with E-state index in [0.717, 1.165) is 11.3 Å². The highest BCUT2D eigenvalue weighted by molar-refractivity contribution is 5.85. The number of nitrogens with one attached hydrogen (secondary N) is 2. The first-order valence-electron chi connectivity index (χ1n) is 6.11. The molecule has 0 aliphatic rings. The molecule has 0 saturated carbocycles. The van der Waals surface area contributed by atoms with Crippen molar-refractivity contribution in [3.8, 4) is 0 Å². The molecular weight excluding hydrogens is 259 g/mol. The Hall–Kier alpha value is -2.56. The second-order valence-corrected chi connectivity index (χ2v) is 4.18. The van der Waals surface area contributed by atoms with E-state index in [2.05, 4.69) is 15.4 Å². The van der Waals surface area contributed by atoms with Gasteiger partial charge in [0, 0.05) is 17.9 Å². The van der Waals surface area contributed by atoms with E-state index >= 15 is 0 Å². The molecule has 0 bridgehead atoms. The summed E-state index contributed by atoms with van der Waals surface area (Å²) in [5.41, 5.74) is 2.29. The van der Waals surface area contributed by atoms with Gasteiger partial charge in [-0.3, -0.25) is 5.32 Å². The molecule has 5 heteroatoms. The van der Waals surface area contributed by atoms with Crippen LogP contribution in [0.2, 0.25) is 0 Å². The topological polar surface area (TPSA) is 50.4 Å². The molecule has 20 heavy (non-hydrogen) atoms. The van der Waals surface area contributed by atoms with Crippen molar-refractivity contribution in [1.29, 1.82) is 0 Å². The quantitative estimate of drug-likeness (QED) is 0.895. The molecule has 0 atom stereocenters. The van der Waals surface area contributed by atoms with Crippen molar-refractivity contribution in [1.82, 2.24) is 0 Å². The third kappa shape index (κ3) is 3.98. The van der Waals surface area contributed by atoms with Crippen LogP contribution in [-0.4, -0.2) is 13.2 Å². The first kappa shape index (κ1) is 13.9. The van der Waals surface area contributed by atoms with Gasteiger partial charge in [-0.25, -0.2) is 9.18 Å². The zero-order chi connectivity index (χ0) is 14.4. The number of carbonyl (C=O) groups excluding carboxylic acids is 1. The Bertz CT molecular complexity index is 602. The van der Waals surface area contributed by atoms with Crippen LogP contribution in [0.25, 0.3) is 0 Å². The number of carbonyl (C=O) groups is 1. The second-order valence-electron chi connectivity index (χ2n) is 4.18. The van der Waals surface area contributed by atoms with Crippen LogP contribution in [0.5, 0.6) is 0 Å². The summed E-state index contributed by atoms with van der Waals surface area (Å²) in [6, 6.07) is 13.6. The Morgan fingerprint density at radius 1 is 1.15 bits per heavy atom. The van der Waals surface area contributed by atoms with Crippen molar-refractivity contribution in [2.75, 3.05) is 17.7 Å². The predicted molar refractivity (Wildman–Crippen MR) is 76.2 cm³/mol. The van der Waals surface area contributed by atoms with Gasteiger partial charge >= 0.3 is 6.09 Å². The standard InChI is InChI=1S/C15H15FN2O2/c1-20-15(19)18-14-7-3-6-13(9-14)17-10-11-4-2-5-12(16)8-11/h2-9,17H,10H2,1H3,(H,18,19). The molecule has 0 radical (unpaired) electrons. The lowest BCUT2D eigenvalue weighted by Gasteiger charge is -2.09. The number of hydrogen-bond acceptors (Lipinski definition) is 3. The van der Waals surface area contributed by atoms with Crippen LogP contribution in [0.3, 0.4) is 0 Å². The molecule has 2 aromatic carbocycles. The molecule has 0 spiro atoms. The number of benzene rings is 2. The molecule has 0 unspecified atom stereocenters. The van der Waals surface area contributed by atoms with Crippen molar-refractivity contribution in [2.45, 2.75) is 6.54 Å². The van der Waals surface area contributed by atoms with Crippen molar-refractivity contribution in [3.63, 3.8) is 0 Å². The fraction of sp³-hybridized carbons (Fsp3) is 0.133. The first-order valence-corrected chi connectivity index (χ1v) is 6.11. The van der Waals surface area contributed by atoms with Crippen LogP contribution in [0.15, 0.2) is 48.5 Å². The van der Waals surface area contributed by atoms with E-state index in [-0.39, 0.29) is 5.82 Å². The lowest BCUT2D eigenvalue weighted by Crippen LogP contribution is -2.11. The van der Waals surface area contributed by atoms with Crippen molar-refractivity contribution >= 4 is 17.5 Å². The van der Waals surface area contributed by atoms with Gasteiger partial charge in [0.05, 0.1) is 7.11 Å². The van der Waals surface area contributed by atoms with Gasteiger partial charge in [0.15, 0.2) is 0 Å². The van der Waals surface area contributed by atoms with E-state index < -0.39 is 6.09 Å². The van der Waals surface area contributed by atoms with E-state index in [0.29, 0.717) is 12.2 Å². The lowest BCUT2D eigenvalue weighted by molar-refractivity contribution is 0.187. The summed E-state index contributed by atoms with van der Waals surface area (Å²) < 4.78 is 17.6. The highest BCUT2D eigenvalue weighted by Crippen LogP contribution is 2.16. The van der Waals surface area contributed by atoms with Crippen molar-refractivity contribution in [2.24, 2.45) is 0 Å². The number of rotatable bonds is 4. The normalized spacial score (nSPS) is 9.90. The maximum Gasteiger partial charge on any atom is 0.411 e. The van der Waals surface area contributed by atoms with E-state index in [9.17, 15) is 9.18 Å². The number of hydrogen-bond donors (Lipinski definition) is 2. The zero-order valence-corrected chi connectivity index (χ0v) is 11.0. The molecule has 4 nitrogen and oxygen atoms in total. The minimum Gasteiger partial charge on any atom is -0.453 e. The van der Waals surface area contributed by atoms with Gasteiger partial charge in [-0.15, -0.1) is 0 Å². The third-order valence-electron chi connectivity index (χ3n) is 2.68. The Labute approximate surface area is 116 Å². The molecule has 2 aromatic rings. The van der Waals surface area contributed by atoms with Gasteiger partial charge in [-0.1, -0.05) is 18.2 Å². The maximum atomic E-state index is 13.1. The van der Waals surface area contributed by atoms with Gasteiger partial charge in [0.2, 0.25) is 0 Å². The monoisotopic (exact) mass is 274 g/mol. The van der Waals surface area contributed by atoms with Gasteiger partial charge in [-0.05, 0) is 35.9 Å². The smallest absolute Gasteiger partial charge is 0.411 e. The summed E-state index contributed by atoms with van der Waals surface area (Å²) in [4.78, 5) is 11.1. The van der Waals surface area contributed by atoms with Crippen LogP contribution in [-0.2, 0) is 11.3 Å². The van der Waals surface area contributed by atoms with Crippen LogP contribution in [0, 0.1) is 5.82 Å². The lowest BCUT2D eigenvalue weighted by atomic mass is 10.2. The van der Waals surface area contributed by atoms with Crippen molar-refractivity contribution in [3.05, 3.63) is 59.9 Å². The van der Waals surface area contributed by atoms with Crippen LogP contribution < -0.4 is 10.6 Å². The number of anilines is 2. The minimum absolute atomic E-state index is 0.259. The molecular formula is C15H15FN2O2. The fourth-order valence-corrected chi connectivity index (χ4v) is 1.73. The molecule has 2 rings (SSSR count). The Kier molecular flexibility index (Phi) is 4.55. The number of methoxy groups -OCH3 is 1. The summed E-state index contributed by atoms with van der Waals surface area (Å²) >= 11 is 0. The molecule has 0 fully saturated rings. The fourth-order valence-electron chi connectivity index (χ4n) is 1.73. The number of amides is 1. The third-order valence-corrected chi connectivity index (χ3v) is 2.68. The van der Waals surface area contributed by atoms with Gasteiger partial charge < -0.3 is 10.1 Å². The van der Waals surface area contributed by atoms with Crippen LogP contribution in [0.1, 0.15) is 5.56 Å². The summed E-state index contributed by atoms with van der Waals surface area (Å²) in [7, 11) is 1.31. The highest BCUT2D eigenvalue weighted by atomic mass is 19.1. The van der Waals surface area contributed by atoms with Crippen LogP contribution >= 0.6 is 0 Å². The maximum absolute atomic E-state index is 13.1. The van der Waals surface area contributed by atoms with Gasteiger partial charge in [0.25, 0.3) is 0 Å². The highest BCUT2D eigenvalue weighted by Gasteiger charge is 2.01. The first-order chi connectivity index (χ1) is 9.67. The summed E-state index contributed by atoms with van der Waals surface area (Å²) in [6.07, 6.45) is -0.521. The molecule has 0 aliphatic carbocycles. The average molecular weight is 274 g/mol. The molecule has 1 amide bonds. The molecule has 0 aromatic heterocycles. The van der Waals surface area contributed by atoms with E-state index in [1.807, 2.05) is 12.1 Å². The number of ether oxygens (including phenoxy) is 1. The van der Waals surface area contributed by atoms with Crippen molar-refractivity contribution < 1.29 is 13.9 Å². The summed E-state index contributed by atoms with van der Waals surface area (Å²) in [6.45, 7) is 0.499. The van der Waals surface area contributed by atoms with Crippen LogP contribution in [0.4, 0.5) is 20.6 Å². The SMILES string of the molecule is COC(=O)Nc1cccc(NCc2cccc(F)c2)c1. The molecule has 0 aliphatic heterocycles. The number of halogens is 1. The Balaban J connectivity index is 1.99. The predicted octanol–water partition coefficient (Wildman–Crippen LogP) is 3.62. The second kappa shape index (κ2) is 6.56. The molecule has 2 N–H and O–H groups in total. The van der Waals surface area contributed by atoms with Gasteiger partial charge in [0.1, 0.15) is 5.82 Å². The molecule has 104 valence electrons. The van der Waals surface area contributed by atoms with E-state index in [4.69, 9.17) is 0 Å². The minimum atomic E-state index is -0.521. The zero-order valence-electron chi connectivity index (χ0n) is 11.0. The Morgan fingerprint density at radius 3 is 2.65 bits per heavy atom. The van der Waals surface area contributed by atoms with E-state index in [1.165, 1.54) is 19.2 Å². The summed E-state index contributed by atoms with van der Waals surface area (Å²) in [5, 5.41) is 5.74. The molecule has 0 heterocycles.